The second kappa shape index (κ2) is 5.66. The molecule has 9 heteroatoms. The van der Waals surface area contributed by atoms with Crippen LogP contribution in [-0.4, -0.2) is 38.5 Å². The first-order chi connectivity index (χ1) is 11.8. The van der Waals surface area contributed by atoms with Crippen LogP contribution < -0.4 is 4.90 Å². The minimum Gasteiger partial charge on any atom is -0.368 e. The molecule has 2 aromatic carbocycles. The van der Waals surface area contributed by atoms with Gasteiger partial charge in [-0.3, -0.25) is 9.11 Å². The molecule has 0 aromatic heterocycles. The van der Waals surface area contributed by atoms with Crippen molar-refractivity contribution >= 4 is 36.7 Å². The first-order valence-electron chi connectivity index (χ1n) is 8.13. The summed E-state index contributed by atoms with van der Waals surface area (Å²) in [7, 11) is -9.12. The number of anilines is 1. The Morgan fingerprint density at radius 3 is 2.15 bits per heavy atom. The maximum absolute atomic E-state index is 12.0. The zero-order chi connectivity index (χ0) is 19.7. The van der Waals surface area contributed by atoms with Crippen LogP contribution in [0.1, 0.15) is 33.3 Å². The van der Waals surface area contributed by atoms with Crippen LogP contribution in [0, 0.1) is 0 Å². The van der Waals surface area contributed by atoms with E-state index < -0.39 is 25.1 Å². The molecule has 7 nitrogen and oxygen atoms in total. The lowest BCUT2D eigenvalue weighted by Gasteiger charge is -2.30. The number of hydrogen-bond donors (Lipinski definition) is 2. The van der Waals surface area contributed by atoms with Crippen molar-refractivity contribution in [2.45, 2.75) is 48.9 Å². The van der Waals surface area contributed by atoms with E-state index in [-0.39, 0.29) is 21.7 Å². The van der Waals surface area contributed by atoms with E-state index >= 15 is 0 Å². The van der Waals surface area contributed by atoms with E-state index in [1.54, 1.807) is 0 Å². The quantitative estimate of drug-likeness (QED) is 0.763. The van der Waals surface area contributed by atoms with Crippen molar-refractivity contribution < 1.29 is 25.9 Å². The lowest BCUT2D eigenvalue weighted by molar-refractivity contribution is 0.447. The highest BCUT2D eigenvalue weighted by molar-refractivity contribution is 7.86. The highest BCUT2D eigenvalue weighted by atomic mass is 32.2. The Balaban J connectivity index is 2.54. The predicted octanol–water partition coefficient (Wildman–Crippen LogP) is 2.84. The zero-order valence-electron chi connectivity index (χ0n) is 14.9. The summed E-state index contributed by atoms with van der Waals surface area (Å²) >= 11 is 0. The molecule has 26 heavy (non-hydrogen) atoms. The minimum atomic E-state index is -4.60. The molecule has 1 unspecified atom stereocenters. The molecule has 2 aromatic rings. The van der Waals surface area contributed by atoms with Crippen molar-refractivity contribution in [2.24, 2.45) is 0 Å². The van der Waals surface area contributed by atoms with Gasteiger partial charge in [-0.2, -0.15) is 16.8 Å². The van der Waals surface area contributed by atoms with Crippen LogP contribution in [0.4, 0.5) is 5.69 Å². The molecule has 1 atom stereocenters. The largest absolute Gasteiger partial charge is 0.368 e. The Labute approximate surface area is 153 Å². The summed E-state index contributed by atoms with van der Waals surface area (Å²) in [5.74, 6) is 0. The van der Waals surface area contributed by atoms with Crippen LogP contribution in [-0.2, 0) is 25.7 Å². The molecule has 0 amide bonds. The predicted molar refractivity (Wildman–Crippen MR) is 99.1 cm³/mol. The molecule has 1 aliphatic rings. The molecular weight excluding hydrogens is 378 g/mol. The molecule has 0 aliphatic carbocycles. The topological polar surface area (TPSA) is 112 Å². The van der Waals surface area contributed by atoms with Crippen molar-refractivity contribution in [3.63, 3.8) is 0 Å². The van der Waals surface area contributed by atoms with Crippen LogP contribution in [0.3, 0.4) is 0 Å². The molecule has 2 N–H and O–H groups in total. The second-order valence-electron chi connectivity index (χ2n) is 7.11. The molecule has 142 valence electrons. The van der Waals surface area contributed by atoms with E-state index in [2.05, 4.69) is 4.90 Å². The summed E-state index contributed by atoms with van der Waals surface area (Å²) in [6.07, 6.45) is 0. The van der Waals surface area contributed by atoms with Gasteiger partial charge >= 0.3 is 0 Å². The van der Waals surface area contributed by atoms with E-state index in [1.165, 1.54) is 18.2 Å². The summed E-state index contributed by atoms with van der Waals surface area (Å²) in [6, 6.07) is 5.27. The molecule has 1 heterocycles. The molecular formula is C17H21NO6S2. The highest BCUT2D eigenvalue weighted by Gasteiger charge is 2.43. The number of fused-ring (bicyclic) bond motifs is 3. The number of rotatable bonds is 3. The number of nitrogens with zero attached hydrogens (tertiary/aromatic N) is 1. The van der Waals surface area contributed by atoms with Crippen molar-refractivity contribution in [3.8, 4) is 0 Å². The van der Waals surface area contributed by atoms with Crippen molar-refractivity contribution in [2.75, 3.05) is 11.4 Å². The number of benzene rings is 2. The Bertz CT molecular complexity index is 1120. The third-order valence-corrected chi connectivity index (χ3v) is 7.18. The van der Waals surface area contributed by atoms with Gasteiger partial charge in [0.05, 0.1) is 4.90 Å². The molecule has 0 bridgehead atoms. The Kier molecular flexibility index (Phi) is 4.15. The van der Waals surface area contributed by atoms with Gasteiger partial charge in [-0.05, 0) is 43.0 Å². The van der Waals surface area contributed by atoms with E-state index in [1.807, 2.05) is 27.7 Å². The average molecular weight is 399 g/mol. The van der Waals surface area contributed by atoms with Gasteiger partial charge in [0.1, 0.15) is 4.90 Å². The minimum absolute atomic E-state index is 0.0691. The van der Waals surface area contributed by atoms with E-state index in [4.69, 9.17) is 0 Å². The van der Waals surface area contributed by atoms with Crippen molar-refractivity contribution in [1.29, 1.82) is 0 Å². The Morgan fingerprint density at radius 1 is 1.04 bits per heavy atom. The molecule has 0 fully saturated rings. The maximum atomic E-state index is 12.0. The number of likely N-dealkylation sites (N-methyl/N-ethyl adjacent to an activating group) is 1. The van der Waals surface area contributed by atoms with Crippen molar-refractivity contribution in [3.05, 3.63) is 29.8 Å². The fraction of sp³-hybridized carbons (Fsp3) is 0.412. The van der Waals surface area contributed by atoms with E-state index in [0.717, 1.165) is 11.6 Å². The molecule has 0 radical (unpaired) electrons. The van der Waals surface area contributed by atoms with Crippen LogP contribution in [0.2, 0.25) is 0 Å². The SMILES string of the molecule is CCN1c2cc(S(=O)(=O)O)c3cc(S(=O)(=O)O)ccc3c2C(C)(C)C1C. The van der Waals surface area contributed by atoms with Crippen LogP contribution in [0.25, 0.3) is 10.8 Å². The van der Waals surface area contributed by atoms with E-state index in [0.29, 0.717) is 17.6 Å². The third kappa shape index (κ3) is 2.70. The Hall–Kier alpha value is -1.68. The lowest BCUT2D eigenvalue weighted by atomic mass is 9.79. The maximum Gasteiger partial charge on any atom is 0.295 e. The van der Waals surface area contributed by atoms with Gasteiger partial charge in [0.15, 0.2) is 0 Å². The average Bonchev–Trinajstić information content (AvgIpc) is 2.70. The first kappa shape index (κ1) is 19.1. The first-order valence-corrected chi connectivity index (χ1v) is 11.0. The standard InChI is InChI=1S/C17H21NO6S2/c1-5-18-10(2)17(3,4)16-12-7-6-11(25(19,20)21)8-13(12)15(9-14(16)18)26(22,23)24/h6-10H,5H2,1-4H3,(H,19,20,21)(H,22,23,24). The smallest absolute Gasteiger partial charge is 0.295 e. The van der Waals surface area contributed by atoms with Gasteiger partial charge in [0.25, 0.3) is 20.2 Å². The highest BCUT2D eigenvalue weighted by Crippen LogP contribution is 2.50. The van der Waals surface area contributed by atoms with Gasteiger partial charge in [-0.15, -0.1) is 0 Å². The monoisotopic (exact) mass is 399 g/mol. The summed E-state index contributed by atoms with van der Waals surface area (Å²) < 4.78 is 65.9. The third-order valence-electron chi connectivity index (χ3n) is 5.43. The Morgan fingerprint density at radius 2 is 1.65 bits per heavy atom. The molecule has 0 saturated carbocycles. The van der Waals surface area contributed by atoms with Crippen LogP contribution in [0.15, 0.2) is 34.1 Å². The zero-order valence-corrected chi connectivity index (χ0v) is 16.5. The number of hydrogen-bond acceptors (Lipinski definition) is 5. The van der Waals surface area contributed by atoms with Gasteiger partial charge in [0.2, 0.25) is 0 Å². The lowest BCUT2D eigenvalue weighted by Crippen LogP contribution is -2.38. The van der Waals surface area contributed by atoms with Gasteiger partial charge in [0, 0.05) is 29.1 Å². The summed E-state index contributed by atoms with van der Waals surface area (Å²) in [5, 5.41) is 0.606. The van der Waals surface area contributed by atoms with Crippen LogP contribution >= 0.6 is 0 Å². The van der Waals surface area contributed by atoms with Gasteiger partial charge in [-0.1, -0.05) is 19.9 Å². The normalized spacial score (nSPS) is 19.8. The summed E-state index contributed by atoms with van der Waals surface area (Å²) in [5.41, 5.74) is 1.25. The fourth-order valence-electron chi connectivity index (χ4n) is 3.89. The van der Waals surface area contributed by atoms with E-state index in [9.17, 15) is 25.9 Å². The fourth-order valence-corrected chi connectivity index (χ4v) is 5.10. The van der Waals surface area contributed by atoms with Crippen molar-refractivity contribution in [1.82, 2.24) is 0 Å². The van der Waals surface area contributed by atoms with Gasteiger partial charge in [-0.25, -0.2) is 0 Å². The molecule has 3 rings (SSSR count). The molecule has 0 spiro atoms. The van der Waals surface area contributed by atoms with Gasteiger partial charge < -0.3 is 4.90 Å². The summed E-state index contributed by atoms with van der Waals surface area (Å²) in [6.45, 7) is 8.72. The second-order valence-corrected chi connectivity index (χ2v) is 9.92. The molecule has 0 saturated heterocycles. The molecule has 1 aliphatic heterocycles. The summed E-state index contributed by atoms with van der Waals surface area (Å²) in [4.78, 5) is 1.26. The van der Waals surface area contributed by atoms with Crippen LogP contribution in [0.5, 0.6) is 0 Å².